The van der Waals surface area contributed by atoms with Gasteiger partial charge in [-0.25, -0.2) is 9.59 Å². The predicted molar refractivity (Wildman–Crippen MR) is 35.2 cm³/mol. The third kappa shape index (κ3) is 1.26. The molecular formula is C6H9NO4. The van der Waals surface area contributed by atoms with Gasteiger partial charge in [-0.3, -0.25) is 4.90 Å². The molecule has 11 heavy (non-hydrogen) atoms. The second-order valence-corrected chi connectivity index (χ2v) is 2.31. The van der Waals surface area contributed by atoms with Crippen molar-refractivity contribution in [2.45, 2.75) is 12.5 Å². The molecule has 1 aliphatic rings. The minimum absolute atomic E-state index is 0.476. The van der Waals surface area contributed by atoms with E-state index in [-0.39, 0.29) is 0 Å². The lowest BCUT2D eigenvalue weighted by Crippen LogP contribution is -2.55. The van der Waals surface area contributed by atoms with Crippen LogP contribution in [0.2, 0.25) is 0 Å². The number of ether oxygens (including phenoxy) is 1. The van der Waals surface area contributed by atoms with Crippen LogP contribution in [0.1, 0.15) is 6.42 Å². The molecule has 0 aromatic carbocycles. The zero-order valence-electron chi connectivity index (χ0n) is 6.11. The van der Waals surface area contributed by atoms with Gasteiger partial charge in [0.2, 0.25) is 0 Å². The summed E-state index contributed by atoms with van der Waals surface area (Å²) < 4.78 is 4.36. The summed E-state index contributed by atoms with van der Waals surface area (Å²) in [5, 5.41) is 8.50. The van der Waals surface area contributed by atoms with Crippen LogP contribution in [0.3, 0.4) is 0 Å². The molecule has 1 aliphatic heterocycles. The summed E-state index contributed by atoms with van der Waals surface area (Å²) in [6.45, 7) is 0.476. The Morgan fingerprint density at radius 1 is 1.64 bits per heavy atom. The maximum absolute atomic E-state index is 10.7. The van der Waals surface area contributed by atoms with Crippen LogP contribution in [-0.4, -0.2) is 41.8 Å². The predicted octanol–water partition coefficient (Wildman–Crippen LogP) is -0.0883. The Morgan fingerprint density at radius 3 is 2.55 bits per heavy atom. The molecule has 1 atom stereocenters. The summed E-state index contributed by atoms with van der Waals surface area (Å²) in [5.74, 6) is -0.971. The minimum atomic E-state index is -0.971. The Balaban J connectivity index is 2.49. The van der Waals surface area contributed by atoms with Crippen LogP contribution in [0.4, 0.5) is 4.79 Å². The van der Waals surface area contributed by atoms with Gasteiger partial charge in [0.25, 0.3) is 0 Å². The van der Waals surface area contributed by atoms with Gasteiger partial charge in [-0.05, 0) is 6.42 Å². The molecule has 0 aliphatic carbocycles. The van der Waals surface area contributed by atoms with Crippen molar-refractivity contribution < 1.29 is 19.4 Å². The molecule has 0 aromatic rings. The molecule has 1 fully saturated rings. The fourth-order valence-corrected chi connectivity index (χ4v) is 0.980. The molecule has 1 saturated heterocycles. The van der Waals surface area contributed by atoms with E-state index >= 15 is 0 Å². The van der Waals surface area contributed by atoms with E-state index in [0.29, 0.717) is 13.0 Å². The highest BCUT2D eigenvalue weighted by molar-refractivity contribution is 5.81. The van der Waals surface area contributed by atoms with Gasteiger partial charge in [0, 0.05) is 6.54 Å². The number of hydrogen-bond donors (Lipinski definition) is 1. The van der Waals surface area contributed by atoms with Crippen molar-refractivity contribution in [3.63, 3.8) is 0 Å². The maximum atomic E-state index is 10.7. The van der Waals surface area contributed by atoms with Crippen LogP contribution in [0.25, 0.3) is 0 Å². The van der Waals surface area contributed by atoms with Crippen LogP contribution >= 0.6 is 0 Å². The lowest BCUT2D eigenvalue weighted by Gasteiger charge is -2.36. The summed E-state index contributed by atoms with van der Waals surface area (Å²) in [6.07, 6.45) is -0.0478. The number of carbonyl (C=O) groups is 2. The number of carbonyl (C=O) groups excluding carboxylic acids is 1. The van der Waals surface area contributed by atoms with Gasteiger partial charge in [0.1, 0.15) is 6.04 Å². The molecule has 1 N–H and O–H groups in total. The number of hydrogen-bond acceptors (Lipinski definition) is 3. The number of amides is 1. The van der Waals surface area contributed by atoms with E-state index in [1.54, 1.807) is 0 Å². The summed E-state index contributed by atoms with van der Waals surface area (Å²) in [5.41, 5.74) is 0. The first kappa shape index (κ1) is 7.84. The smallest absolute Gasteiger partial charge is 0.410 e. The second kappa shape index (κ2) is 2.77. The van der Waals surface area contributed by atoms with Gasteiger partial charge < -0.3 is 9.84 Å². The topological polar surface area (TPSA) is 66.8 Å². The van der Waals surface area contributed by atoms with Crippen LogP contribution in [0, 0.1) is 0 Å². The average Bonchev–Trinajstić information content (AvgIpc) is 1.83. The normalized spacial score (nSPS) is 22.3. The quantitative estimate of drug-likeness (QED) is 0.580. The van der Waals surface area contributed by atoms with E-state index in [0.717, 1.165) is 0 Å². The number of aliphatic carboxylic acids is 1. The van der Waals surface area contributed by atoms with E-state index in [1.165, 1.54) is 12.0 Å². The summed E-state index contributed by atoms with van der Waals surface area (Å²) in [4.78, 5) is 22.3. The Morgan fingerprint density at radius 2 is 2.27 bits per heavy atom. The lowest BCUT2D eigenvalue weighted by molar-refractivity contribution is -0.146. The molecule has 1 rings (SSSR count). The molecule has 0 bridgehead atoms. The molecular weight excluding hydrogens is 150 g/mol. The third-order valence-electron chi connectivity index (χ3n) is 1.71. The number of rotatable bonds is 1. The number of carboxylic acids is 1. The highest BCUT2D eigenvalue weighted by Gasteiger charge is 2.38. The maximum Gasteiger partial charge on any atom is 0.410 e. The first-order valence-corrected chi connectivity index (χ1v) is 3.24. The molecule has 1 amide bonds. The first-order valence-electron chi connectivity index (χ1n) is 3.24. The lowest BCUT2D eigenvalue weighted by atomic mass is 10.1. The zero-order valence-corrected chi connectivity index (χ0v) is 6.11. The van der Waals surface area contributed by atoms with E-state index in [9.17, 15) is 9.59 Å². The Kier molecular flexibility index (Phi) is 1.98. The summed E-state index contributed by atoms with van der Waals surface area (Å²) >= 11 is 0. The van der Waals surface area contributed by atoms with Gasteiger partial charge in [0.05, 0.1) is 7.11 Å². The molecule has 1 heterocycles. The fraction of sp³-hybridized carbons (Fsp3) is 0.667. The van der Waals surface area contributed by atoms with Crippen molar-refractivity contribution in [2.24, 2.45) is 0 Å². The Bertz CT molecular complexity index is 191. The Hall–Kier alpha value is -1.26. The van der Waals surface area contributed by atoms with E-state index in [2.05, 4.69) is 4.74 Å². The second-order valence-electron chi connectivity index (χ2n) is 2.31. The first-order chi connectivity index (χ1) is 5.16. The van der Waals surface area contributed by atoms with Crippen LogP contribution < -0.4 is 0 Å². The number of likely N-dealkylation sites (tertiary alicyclic amines) is 1. The summed E-state index contributed by atoms with van der Waals surface area (Å²) in [7, 11) is 1.24. The average molecular weight is 159 g/mol. The zero-order chi connectivity index (χ0) is 8.43. The third-order valence-corrected chi connectivity index (χ3v) is 1.71. The van der Waals surface area contributed by atoms with Crippen molar-refractivity contribution >= 4 is 12.1 Å². The van der Waals surface area contributed by atoms with E-state index in [1.807, 2.05) is 0 Å². The monoisotopic (exact) mass is 159 g/mol. The van der Waals surface area contributed by atoms with E-state index in [4.69, 9.17) is 5.11 Å². The molecule has 0 spiro atoms. The fourth-order valence-electron chi connectivity index (χ4n) is 0.980. The minimum Gasteiger partial charge on any atom is -0.480 e. The van der Waals surface area contributed by atoms with E-state index < -0.39 is 18.1 Å². The number of carboxylic acid groups (broad SMARTS) is 1. The van der Waals surface area contributed by atoms with Gasteiger partial charge in [0.15, 0.2) is 0 Å². The van der Waals surface area contributed by atoms with Gasteiger partial charge >= 0.3 is 12.1 Å². The molecule has 0 saturated carbocycles. The van der Waals surface area contributed by atoms with Crippen molar-refractivity contribution in [3.8, 4) is 0 Å². The highest BCUT2D eigenvalue weighted by Crippen LogP contribution is 2.17. The van der Waals surface area contributed by atoms with Gasteiger partial charge in [-0.15, -0.1) is 0 Å². The molecule has 5 nitrogen and oxygen atoms in total. The largest absolute Gasteiger partial charge is 0.480 e. The Labute approximate surface area is 63.5 Å². The standard InChI is InChI=1S/C6H9NO4/c1-11-6(10)7-3-2-4(7)5(8)9/h4H,2-3H2,1H3,(H,8,9)/t4-/m1/s1. The van der Waals surface area contributed by atoms with Crippen molar-refractivity contribution in [2.75, 3.05) is 13.7 Å². The van der Waals surface area contributed by atoms with Crippen LogP contribution in [-0.2, 0) is 9.53 Å². The molecule has 0 unspecified atom stereocenters. The van der Waals surface area contributed by atoms with Gasteiger partial charge in [-0.1, -0.05) is 0 Å². The summed E-state index contributed by atoms with van der Waals surface area (Å²) in [6, 6.07) is -0.678. The van der Waals surface area contributed by atoms with Gasteiger partial charge in [-0.2, -0.15) is 0 Å². The highest BCUT2D eigenvalue weighted by atomic mass is 16.5. The van der Waals surface area contributed by atoms with Crippen LogP contribution in [0.15, 0.2) is 0 Å². The molecule has 0 radical (unpaired) electrons. The molecule has 5 heteroatoms. The number of nitrogens with zero attached hydrogens (tertiary/aromatic N) is 1. The van der Waals surface area contributed by atoms with Crippen molar-refractivity contribution in [1.82, 2.24) is 4.90 Å². The van der Waals surface area contributed by atoms with Crippen LogP contribution in [0.5, 0.6) is 0 Å². The molecule has 62 valence electrons. The SMILES string of the molecule is COC(=O)N1CC[C@@H]1C(=O)O. The number of methoxy groups -OCH3 is 1. The van der Waals surface area contributed by atoms with Crippen molar-refractivity contribution in [1.29, 1.82) is 0 Å². The molecule has 0 aromatic heterocycles. The van der Waals surface area contributed by atoms with Crippen molar-refractivity contribution in [3.05, 3.63) is 0 Å².